The van der Waals surface area contributed by atoms with Crippen LogP contribution in [0.3, 0.4) is 0 Å². The Morgan fingerprint density at radius 1 is 1.10 bits per heavy atom. The Labute approximate surface area is 254 Å². The number of benzene rings is 1. The van der Waals surface area contributed by atoms with E-state index in [-0.39, 0.29) is 33.8 Å². The van der Waals surface area contributed by atoms with E-state index < -0.39 is 29.6 Å². The lowest BCUT2D eigenvalue weighted by atomic mass is 10.2. The van der Waals surface area contributed by atoms with Crippen molar-refractivity contribution < 1.29 is 24.3 Å². The number of amides is 3. The van der Waals surface area contributed by atoms with E-state index in [0.717, 1.165) is 38.9 Å². The lowest BCUT2D eigenvalue weighted by molar-refractivity contribution is -0.122. The van der Waals surface area contributed by atoms with Crippen molar-refractivity contribution in [1.29, 1.82) is 0 Å². The fraction of sp³-hybridized carbons (Fsp3) is 0.292. The molecule has 3 aromatic rings. The first-order valence-corrected chi connectivity index (χ1v) is 15.3. The number of aromatic hydroxyl groups is 1. The standard InChI is InChI=1S/C24H24BrN9O6S2/c25-14-8-28-21(32-18(14)26-5-2-6-27-19(36)15-10-41-22(38)30-15)29-12-3-1-4-13(7-12)34-17(35)9-33(24(34)40)20(37)16-11-42-23(39)31-16/h1,3-4,7-9,15-16,35H,2,5-6,10-11H2,(H,27,36)(H,30,38)(H,31,39)(H2,26,28,29,32)/t15-,16-/m0/s1. The van der Waals surface area contributed by atoms with Crippen LogP contribution < -0.4 is 32.3 Å². The molecule has 3 amide bonds. The summed E-state index contributed by atoms with van der Waals surface area (Å²) >= 11 is 5.44. The van der Waals surface area contributed by atoms with Crippen molar-refractivity contribution in [3.8, 4) is 11.6 Å². The first kappa shape index (κ1) is 29.5. The molecule has 0 aliphatic carbocycles. The molecule has 0 saturated carbocycles. The summed E-state index contributed by atoms with van der Waals surface area (Å²) in [7, 11) is 0. The molecule has 2 fully saturated rings. The van der Waals surface area contributed by atoms with E-state index in [1.165, 1.54) is 0 Å². The average molecular weight is 679 g/mol. The van der Waals surface area contributed by atoms with E-state index in [1.807, 2.05) is 0 Å². The fourth-order valence-corrected chi connectivity index (χ4v) is 5.96. The molecule has 2 aliphatic rings. The van der Waals surface area contributed by atoms with E-state index in [1.54, 1.807) is 30.5 Å². The number of hydrogen-bond acceptors (Lipinski definition) is 12. The van der Waals surface area contributed by atoms with Crippen molar-refractivity contribution in [3.63, 3.8) is 0 Å². The summed E-state index contributed by atoms with van der Waals surface area (Å²) < 4.78 is 2.37. The minimum atomic E-state index is -0.861. The maximum Gasteiger partial charge on any atom is 0.342 e. The smallest absolute Gasteiger partial charge is 0.342 e. The van der Waals surface area contributed by atoms with Gasteiger partial charge in [0.1, 0.15) is 17.9 Å². The zero-order chi connectivity index (χ0) is 29.8. The topological polar surface area (TPSA) is 201 Å². The maximum atomic E-state index is 13.0. The molecule has 0 spiro atoms. The molecular formula is C24H24BrN9O6S2. The molecule has 5 rings (SSSR count). The predicted octanol–water partition coefficient (Wildman–Crippen LogP) is 1.85. The summed E-state index contributed by atoms with van der Waals surface area (Å²) in [5.41, 5.74) is 0.00730. The number of nitrogens with zero attached hydrogens (tertiary/aromatic N) is 4. The van der Waals surface area contributed by atoms with Crippen LogP contribution in [0.4, 0.5) is 27.0 Å². The second-order valence-electron chi connectivity index (χ2n) is 9.04. The number of anilines is 3. The average Bonchev–Trinajstić information content (AvgIpc) is 3.68. The number of halogens is 1. The zero-order valence-electron chi connectivity index (χ0n) is 21.6. The number of hydrogen-bond donors (Lipinski definition) is 6. The fourth-order valence-electron chi connectivity index (χ4n) is 4.08. The third-order valence-corrected chi connectivity index (χ3v) is 8.46. The highest BCUT2D eigenvalue weighted by molar-refractivity contribution is 9.10. The van der Waals surface area contributed by atoms with Crippen molar-refractivity contribution in [3.05, 3.63) is 51.6 Å². The first-order chi connectivity index (χ1) is 20.2. The van der Waals surface area contributed by atoms with E-state index in [2.05, 4.69) is 52.5 Å². The van der Waals surface area contributed by atoms with Gasteiger partial charge in [-0.1, -0.05) is 29.6 Å². The molecule has 0 radical (unpaired) electrons. The van der Waals surface area contributed by atoms with Crippen LogP contribution in [0, 0.1) is 0 Å². The summed E-state index contributed by atoms with van der Waals surface area (Å²) in [6, 6.07) is 5.16. The largest absolute Gasteiger partial charge is 0.493 e. The Morgan fingerprint density at radius 3 is 2.55 bits per heavy atom. The van der Waals surface area contributed by atoms with Gasteiger partial charge in [-0.3, -0.25) is 19.2 Å². The molecule has 2 aromatic heterocycles. The van der Waals surface area contributed by atoms with Crippen LogP contribution in [0.5, 0.6) is 5.88 Å². The molecule has 1 aromatic carbocycles. The van der Waals surface area contributed by atoms with Gasteiger partial charge in [-0.25, -0.2) is 18.9 Å². The van der Waals surface area contributed by atoms with E-state index in [0.29, 0.717) is 41.2 Å². The molecule has 18 heteroatoms. The monoisotopic (exact) mass is 677 g/mol. The summed E-state index contributed by atoms with van der Waals surface area (Å²) in [5.74, 6) is 0.0588. The number of carbonyl (C=O) groups excluding carboxylic acids is 4. The predicted molar refractivity (Wildman–Crippen MR) is 161 cm³/mol. The van der Waals surface area contributed by atoms with E-state index in [4.69, 9.17) is 0 Å². The van der Waals surface area contributed by atoms with Crippen LogP contribution in [-0.4, -0.2) is 83.2 Å². The Balaban J connectivity index is 1.21. The van der Waals surface area contributed by atoms with Gasteiger partial charge in [0.05, 0.1) is 16.4 Å². The number of thioether (sulfide) groups is 2. The zero-order valence-corrected chi connectivity index (χ0v) is 24.8. The summed E-state index contributed by atoms with van der Waals surface area (Å²) in [5, 5.41) is 24.0. The minimum absolute atomic E-state index is 0.191. The summed E-state index contributed by atoms with van der Waals surface area (Å²) in [6.07, 6.45) is 3.19. The van der Waals surface area contributed by atoms with Crippen LogP contribution >= 0.6 is 39.5 Å². The molecule has 0 unspecified atom stereocenters. The molecular weight excluding hydrogens is 654 g/mol. The quantitative estimate of drug-likeness (QED) is 0.170. The number of rotatable bonds is 10. The number of carbonyl (C=O) groups is 4. The Hall–Kier alpha value is -4.03. The summed E-state index contributed by atoms with van der Waals surface area (Å²) in [4.78, 5) is 69.2. The second-order valence-corrected chi connectivity index (χ2v) is 11.9. The van der Waals surface area contributed by atoms with Gasteiger partial charge in [0.15, 0.2) is 0 Å². The normalized spacial score (nSPS) is 17.9. The van der Waals surface area contributed by atoms with E-state index in [9.17, 15) is 29.1 Å². The minimum Gasteiger partial charge on any atom is -0.493 e. The number of imidazole rings is 1. The maximum absolute atomic E-state index is 13.0. The van der Waals surface area contributed by atoms with Gasteiger partial charge in [0, 0.05) is 36.5 Å². The van der Waals surface area contributed by atoms with Crippen LogP contribution in [-0.2, 0) is 4.79 Å². The Morgan fingerprint density at radius 2 is 1.83 bits per heavy atom. The second kappa shape index (κ2) is 12.9. The Kier molecular flexibility index (Phi) is 9.03. The molecule has 0 bridgehead atoms. The first-order valence-electron chi connectivity index (χ1n) is 12.6. The van der Waals surface area contributed by atoms with Gasteiger partial charge < -0.3 is 31.7 Å². The van der Waals surface area contributed by atoms with Gasteiger partial charge in [0.2, 0.25) is 17.7 Å². The molecule has 2 aliphatic heterocycles. The van der Waals surface area contributed by atoms with Gasteiger partial charge in [-0.15, -0.1) is 0 Å². The van der Waals surface area contributed by atoms with Crippen LogP contribution in [0.2, 0.25) is 0 Å². The molecule has 2 saturated heterocycles. The Bertz CT molecular complexity index is 1610. The highest BCUT2D eigenvalue weighted by Crippen LogP contribution is 2.24. The van der Waals surface area contributed by atoms with Crippen molar-refractivity contribution in [2.45, 2.75) is 18.5 Å². The SMILES string of the molecule is O=C1N[C@H](C(=O)NCCCNc2nc(Nc3cccc(-n4c(O)cn(C(=O)[C@@H]5CSC(=O)N5)c4=O)c3)ncc2Br)CS1. The van der Waals surface area contributed by atoms with Crippen LogP contribution in [0.15, 0.2) is 45.9 Å². The molecule has 4 heterocycles. The van der Waals surface area contributed by atoms with Gasteiger partial charge in [0.25, 0.3) is 16.4 Å². The van der Waals surface area contributed by atoms with Crippen molar-refractivity contribution >= 4 is 79.2 Å². The van der Waals surface area contributed by atoms with Gasteiger partial charge in [-0.05, 0) is 40.5 Å². The molecule has 6 N–H and O–H groups in total. The summed E-state index contributed by atoms with van der Waals surface area (Å²) in [6.45, 7) is 0.912. The van der Waals surface area contributed by atoms with Crippen molar-refractivity contribution in [1.82, 2.24) is 35.1 Å². The van der Waals surface area contributed by atoms with E-state index >= 15 is 0 Å². The third-order valence-electron chi connectivity index (χ3n) is 6.12. The lowest BCUT2D eigenvalue weighted by Crippen LogP contribution is -2.43. The third kappa shape index (κ3) is 6.71. The van der Waals surface area contributed by atoms with Crippen LogP contribution in [0.25, 0.3) is 5.69 Å². The highest BCUT2D eigenvalue weighted by Gasteiger charge is 2.31. The van der Waals surface area contributed by atoms with Crippen molar-refractivity contribution in [2.75, 3.05) is 35.2 Å². The number of nitrogens with one attached hydrogen (secondary N) is 5. The highest BCUT2D eigenvalue weighted by atomic mass is 79.9. The molecule has 220 valence electrons. The van der Waals surface area contributed by atoms with Crippen molar-refractivity contribution in [2.24, 2.45) is 0 Å². The molecule has 42 heavy (non-hydrogen) atoms. The molecule has 15 nitrogen and oxygen atoms in total. The number of aromatic nitrogens is 4. The van der Waals surface area contributed by atoms with Gasteiger partial charge in [-0.2, -0.15) is 4.98 Å². The van der Waals surface area contributed by atoms with Crippen LogP contribution in [0.1, 0.15) is 11.2 Å². The molecule has 2 atom stereocenters. The lowest BCUT2D eigenvalue weighted by Gasteiger charge is -2.12. The van der Waals surface area contributed by atoms with Gasteiger partial charge >= 0.3 is 5.69 Å².